The number of benzene rings is 3. The van der Waals surface area contributed by atoms with Crippen LogP contribution in [0.5, 0.6) is 11.5 Å². The molecule has 0 saturated carbocycles. The Balaban J connectivity index is 1.74. The van der Waals surface area contributed by atoms with Gasteiger partial charge in [-0.2, -0.15) is 0 Å². The molecule has 3 aromatic carbocycles. The highest BCUT2D eigenvalue weighted by molar-refractivity contribution is 7.92. The van der Waals surface area contributed by atoms with Gasteiger partial charge in [0.05, 0.1) is 25.2 Å². The lowest BCUT2D eigenvalue weighted by Crippen LogP contribution is -2.26. The van der Waals surface area contributed by atoms with Gasteiger partial charge in [0, 0.05) is 11.3 Å². The largest absolute Gasteiger partial charge is 0.493 e. The highest BCUT2D eigenvalue weighted by Crippen LogP contribution is 2.30. The summed E-state index contributed by atoms with van der Waals surface area (Å²) in [4.78, 5) is 12.9. The minimum absolute atomic E-state index is 0.145. The maximum absolute atomic E-state index is 12.7. The van der Waals surface area contributed by atoms with Crippen molar-refractivity contribution in [2.75, 3.05) is 18.9 Å². The average molecular weight is 441 g/mol. The van der Waals surface area contributed by atoms with Crippen molar-refractivity contribution in [3.63, 3.8) is 0 Å². The molecule has 162 valence electrons. The predicted octanol–water partition coefficient (Wildman–Crippen LogP) is 4.00. The molecule has 7 nitrogen and oxygen atoms in total. The summed E-state index contributed by atoms with van der Waals surface area (Å²) in [5.74, 6) is 0.838. The van der Waals surface area contributed by atoms with Crippen LogP contribution >= 0.6 is 0 Å². The number of hydrogen-bond donors (Lipinski definition) is 2. The number of rotatable bonds is 8. The molecular formula is C23H24N2O5S. The molecule has 0 radical (unpaired) electrons. The summed E-state index contributed by atoms with van der Waals surface area (Å²) < 4.78 is 38.1. The topological polar surface area (TPSA) is 93.7 Å². The summed E-state index contributed by atoms with van der Waals surface area (Å²) in [6.07, 6.45) is 0. The summed E-state index contributed by atoms with van der Waals surface area (Å²) in [5.41, 5.74) is 1.47. The SMILES string of the molecule is COc1ccc([C@H](C)NC(=O)c2cccc(NS(=O)(=O)c3ccccc3)c2)cc1OC. The van der Waals surface area contributed by atoms with Gasteiger partial charge >= 0.3 is 0 Å². The molecule has 0 saturated heterocycles. The number of hydrogen-bond acceptors (Lipinski definition) is 5. The van der Waals surface area contributed by atoms with Gasteiger partial charge in [-0.05, 0) is 55.0 Å². The molecular weight excluding hydrogens is 416 g/mol. The van der Waals surface area contributed by atoms with Crippen LogP contribution < -0.4 is 19.5 Å². The number of anilines is 1. The van der Waals surface area contributed by atoms with E-state index in [-0.39, 0.29) is 16.8 Å². The summed E-state index contributed by atoms with van der Waals surface area (Å²) in [6.45, 7) is 1.85. The molecule has 0 aliphatic rings. The molecule has 0 spiro atoms. The minimum Gasteiger partial charge on any atom is -0.493 e. The number of sulfonamides is 1. The zero-order valence-electron chi connectivity index (χ0n) is 17.5. The Bertz CT molecular complexity index is 1160. The summed E-state index contributed by atoms with van der Waals surface area (Å²) >= 11 is 0. The quantitative estimate of drug-likeness (QED) is 0.552. The van der Waals surface area contributed by atoms with Gasteiger partial charge in [0.15, 0.2) is 11.5 Å². The number of methoxy groups -OCH3 is 2. The van der Waals surface area contributed by atoms with Crippen LogP contribution in [0.4, 0.5) is 5.69 Å². The molecule has 0 aromatic heterocycles. The fourth-order valence-corrected chi connectivity index (χ4v) is 4.09. The van der Waals surface area contributed by atoms with E-state index in [4.69, 9.17) is 9.47 Å². The molecule has 0 unspecified atom stereocenters. The Morgan fingerprint density at radius 1 is 0.871 bits per heavy atom. The average Bonchev–Trinajstić information content (AvgIpc) is 2.79. The third-order valence-electron chi connectivity index (χ3n) is 4.69. The number of carbonyl (C=O) groups excluding carboxylic acids is 1. The summed E-state index contributed by atoms with van der Waals surface area (Å²) in [7, 11) is -0.638. The van der Waals surface area contributed by atoms with E-state index in [1.54, 1.807) is 62.8 Å². The molecule has 0 aliphatic heterocycles. The zero-order chi connectivity index (χ0) is 22.4. The first-order valence-electron chi connectivity index (χ1n) is 9.55. The zero-order valence-corrected chi connectivity index (χ0v) is 18.3. The van der Waals surface area contributed by atoms with Crippen molar-refractivity contribution >= 4 is 21.6 Å². The molecule has 1 amide bonds. The molecule has 3 aromatic rings. The maximum Gasteiger partial charge on any atom is 0.261 e. The van der Waals surface area contributed by atoms with Crippen molar-refractivity contribution in [3.8, 4) is 11.5 Å². The lowest BCUT2D eigenvalue weighted by atomic mass is 10.1. The first kappa shape index (κ1) is 22.2. The van der Waals surface area contributed by atoms with E-state index >= 15 is 0 Å². The first-order chi connectivity index (χ1) is 14.8. The lowest BCUT2D eigenvalue weighted by molar-refractivity contribution is 0.0940. The van der Waals surface area contributed by atoms with Crippen LogP contribution in [0.15, 0.2) is 77.7 Å². The van der Waals surface area contributed by atoms with Gasteiger partial charge in [-0.25, -0.2) is 8.42 Å². The van der Waals surface area contributed by atoms with Crippen molar-refractivity contribution in [1.29, 1.82) is 0 Å². The molecule has 0 bridgehead atoms. The Labute approximate surface area is 182 Å². The van der Waals surface area contributed by atoms with E-state index in [2.05, 4.69) is 10.0 Å². The summed E-state index contributed by atoms with van der Waals surface area (Å²) in [6, 6.07) is 19.5. The second-order valence-electron chi connectivity index (χ2n) is 6.81. The molecule has 0 heterocycles. The Morgan fingerprint density at radius 2 is 1.58 bits per heavy atom. The number of nitrogens with one attached hydrogen (secondary N) is 2. The lowest BCUT2D eigenvalue weighted by Gasteiger charge is -2.17. The van der Waals surface area contributed by atoms with Crippen molar-refractivity contribution in [2.45, 2.75) is 17.9 Å². The Kier molecular flexibility index (Phi) is 6.81. The van der Waals surface area contributed by atoms with E-state index < -0.39 is 10.0 Å². The number of ether oxygens (including phenoxy) is 2. The Hall–Kier alpha value is -3.52. The van der Waals surface area contributed by atoms with Gasteiger partial charge in [-0.3, -0.25) is 9.52 Å². The number of carbonyl (C=O) groups is 1. The molecule has 8 heteroatoms. The molecule has 2 N–H and O–H groups in total. The second-order valence-corrected chi connectivity index (χ2v) is 8.49. The highest BCUT2D eigenvalue weighted by Gasteiger charge is 2.17. The van der Waals surface area contributed by atoms with E-state index in [0.29, 0.717) is 22.7 Å². The summed E-state index contributed by atoms with van der Waals surface area (Å²) in [5, 5.41) is 2.91. The van der Waals surface area contributed by atoms with Crippen molar-refractivity contribution < 1.29 is 22.7 Å². The van der Waals surface area contributed by atoms with E-state index in [1.807, 2.05) is 13.0 Å². The third kappa shape index (κ3) is 5.35. The van der Waals surface area contributed by atoms with Gasteiger partial charge in [-0.1, -0.05) is 30.3 Å². The van der Waals surface area contributed by atoms with E-state index in [1.165, 1.54) is 18.2 Å². The third-order valence-corrected chi connectivity index (χ3v) is 6.08. The van der Waals surface area contributed by atoms with Crippen LogP contribution in [0.1, 0.15) is 28.9 Å². The van der Waals surface area contributed by atoms with Crippen molar-refractivity contribution in [1.82, 2.24) is 5.32 Å². The van der Waals surface area contributed by atoms with Crippen LogP contribution in [-0.2, 0) is 10.0 Å². The van der Waals surface area contributed by atoms with Crippen molar-refractivity contribution in [2.24, 2.45) is 0 Å². The molecule has 31 heavy (non-hydrogen) atoms. The molecule has 0 aliphatic carbocycles. The fraction of sp³-hybridized carbons (Fsp3) is 0.174. The molecule has 1 atom stereocenters. The molecule has 0 fully saturated rings. The second kappa shape index (κ2) is 9.53. The Morgan fingerprint density at radius 3 is 2.26 bits per heavy atom. The van der Waals surface area contributed by atoms with Gasteiger partial charge in [0.25, 0.3) is 15.9 Å². The van der Waals surface area contributed by atoms with Crippen molar-refractivity contribution in [3.05, 3.63) is 83.9 Å². The van der Waals surface area contributed by atoms with Gasteiger partial charge in [-0.15, -0.1) is 0 Å². The van der Waals surface area contributed by atoms with E-state index in [0.717, 1.165) is 5.56 Å². The van der Waals surface area contributed by atoms with Crippen LogP contribution in [0.3, 0.4) is 0 Å². The predicted molar refractivity (Wildman–Crippen MR) is 119 cm³/mol. The monoisotopic (exact) mass is 440 g/mol. The fourth-order valence-electron chi connectivity index (χ4n) is 3.02. The van der Waals surface area contributed by atoms with Crippen LogP contribution in [0, 0.1) is 0 Å². The van der Waals surface area contributed by atoms with Crippen LogP contribution in [0.25, 0.3) is 0 Å². The highest BCUT2D eigenvalue weighted by atomic mass is 32.2. The van der Waals surface area contributed by atoms with Gasteiger partial charge < -0.3 is 14.8 Å². The molecule has 3 rings (SSSR count). The van der Waals surface area contributed by atoms with E-state index in [9.17, 15) is 13.2 Å². The first-order valence-corrected chi connectivity index (χ1v) is 11.0. The standard InChI is InChI=1S/C23H24N2O5S/c1-16(17-12-13-21(29-2)22(15-17)30-3)24-23(26)18-8-7-9-19(14-18)25-31(27,28)20-10-5-4-6-11-20/h4-16,25H,1-3H3,(H,24,26)/t16-/m0/s1. The van der Waals surface area contributed by atoms with Crippen LogP contribution in [0.2, 0.25) is 0 Å². The minimum atomic E-state index is -3.74. The normalized spacial score (nSPS) is 12.0. The van der Waals surface area contributed by atoms with Crippen LogP contribution in [-0.4, -0.2) is 28.5 Å². The van der Waals surface area contributed by atoms with Gasteiger partial charge in [0.2, 0.25) is 0 Å². The maximum atomic E-state index is 12.7. The number of amides is 1. The van der Waals surface area contributed by atoms with Gasteiger partial charge in [0.1, 0.15) is 0 Å². The smallest absolute Gasteiger partial charge is 0.261 e.